The number of hydrogen-bond acceptors (Lipinski definition) is 3. The van der Waals surface area contributed by atoms with E-state index in [9.17, 15) is 4.79 Å². The first-order chi connectivity index (χ1) is 9.15. The fourth-order valence-corrected chi connectivity index (χ4v) is 2.45. The Hall–Kier alpha value is -2.03. The number of esters is 1. The van der Waals surface area contributed by atoms with E-state index in [-0.39, 0.29) is 17.8 Å². The molecule has 0 fully saturated rings. The molecule has 2 aromatic rings. The summed E-state index contributed by atoms with van der Waals surface area (Å²) in [6, 6.07) is 9.61. The Bertz CT molecular complexity index is 596. The molecule has 1 aromatic carbocycles. The van der Waals surface area contributed by atoms with Crippen molar-refractivity contribution in [1.82, 2.24) is 0 Å². The first kappa shape index (κ1) is 12.0. The van der Waals surface area contributed by atoms with E-state index in [4.69, 9.17) is 9.15 Å². The SMILES string of the molecule is CC(C)[C@@H]1Cc2cc(-c3ccco3)ccc2OC1=O. The molecular weight excluding hydrogens is 240 g/mol. The van der Waals surface area contributed by atoms with Crippen LogP contribution >= 0.6 is 0 Å². The molecule has 0 saturated carbocycles. The molecule has 0 aliphatic carbocycles. The smallest absolute Gasteiger partial charge is 0.314 e. The van der Waals surface area contributed by atoms with Gasteiger partial charge in [0.05, 0.1) is 12.2 Å². The van der Waals surface area contributed by atoms with Crippen LogP contribution in [-0.4, -0.2) is 5.97 Å². The van der Waals surface area contributed by atoms with Gasteiger partial charge < -0.3 is 9.15 Å². The molecular formula is C16H16O3. The largest absolute Gasteiger partial charge is 0.464 e. The molecule has 0 N–H and O–H groups in total. The van der Waals surface area contributed by atoms with Gasteiger partial charge in [-0.1, -0.05) is 13.8 Å². The molecule has 1 aliphatic heterocycles. The van der Waals surface area contributed by atoms with E-state index in [0.717, 1.165) is 23.3 Å². The Kier molecular flexibility index (Phi) is 2.90. The van der Waals surface area contributed by atoms with Gasteiger partial charge >= 0.3 is 5.97 Å². The van der Waals surface area contributed by atoms with Crippen molar-refractivity contribution in [2.45, 2.75) is 20.3 Å². The maximum atomic E-state index is 11.9. The molecule has 3 rings (SSSR count). The number of carbonyl (C=O) groups is 1. The van der Waals surface area contributed by atoms with Crippen LogP contribution in [-0.2, 0) is 11.2 Å². The van der Waals surface area contributed by atoms with Crippen LogP contribution < -0.4 is 4.74 Å². The lowest BCUT2D eigenvalue weighted by molar-refractivity contribution is -0.141. The monoisotopic (exact) mass is 256 g/mol. The fraction of sp³-hybridized carbons (Fsp3) is 0.312. The van der Waals surface area contributed by atoms with Crippen LogP contribution in [0.1, 0.15) is 19.4 Å². The van der Waals surface area contributed by atoms with E-state index < -0.39 is 0 Å². The summed E-state index contributed by atoms with van der Waals surface area (Å²) in [6.07, 6.45) is 2.39. The van der Waals surface area contributed by atoms with Gasteiger partial charge in [-0.05, 0) is 48.2 Å². The summed E-state index contributed by atoms with van der Waals surface area (Å²) in [6.45, 7) is 4.10. The third-order valence-electron chi connectivity index (χ3n) is 3.62. The van der Waals surface area contributed by atoms with Crippen molar-refractivity contribution in [3.05, 3.63) is 42.2 Å². The van der Waals surface area contributed by atoms with Crippen molar-refractivity contribution in [3.8, 4) is 17.1 Å². The van der Waals surface area contributed by atoms with Crippen molar-refractivity contribution in [2.75, 3.05) is 0 Å². The van der Waals surface area contributed by atoms with Gasteiger partial charge in [0.2, 0.25) is 0 Å². The molecule has 0 amide bonds. The highest BCUT2D eigenvalue weighted by atomic mass is 16.5. The number of benzene rings is 1. The summed E-state index contributed by atoms with van der Waals surface area (Å²) in [4.78, 5) is 11.9. The standard InChI is InChI=1S/C16H16O3/c1-10(2)13-9-12-8-11(14-4-3-7-18-14)5-6-15(12)19-16(13)17/h3-8,10,13H,9H2,1-2H3/t13-/m0/s1. The summed E-state index contributed by atoms with van der Waals surface area (Å²) in [7, 11) is 0. The first-order valence-corrected chi connectivity index (χ1v) is 6.53. The van der Waals surface area contributed by atoms with Crippen LogP contribution in [0.15, 0.2) is 41.0 Å². The van der Waals surface area contributed by atoms with Crippen LogP contribution in [0.4, 0.5) is 0 Å². The molecule has 1 atom stereocenters. The molecule has 0 radical (unpaired) electrons. The molecule has 0 spiro atoms. The zero-order valence-electron chi connectivity index (χ0n) is 11.1. The minimum absolute atomic E-state index is 0.0562. The number of hydrogen-bond donors (Lipinski definition) is 0. The number of rotatable bonds is 2. The molecule has 1 aliphatic rings. The summed E-state index contributed by atoms with van der Waals surface area (Å²) >= 11 is 0. The second-order valence-electron chi connectivity index (χ2n) is 5.28. The van der Waals surface area contributed by atoms with Crippen molar-refractivity contribution >= 4 is 5.97 Å². The maximum Gasteiger partial charge on any atom is 0.314 e. The van der Waals surface area contributed by atoms with Gasteiger partial charge in [-0.25, -0.2) is 0 Å². The highest BCUT2D eigenvalue weighted by Crippen LogP contribution is 2.34. The van der Waals surface area contributed by atoms with E-state index in [0.29, 0.717) is 5.75 Å². The van der Waals surface area contributed by atoms with Crippen LogP contribution in [0.3, 0.4) is 0 Å². The first-order valence-electron chi connectivity index (χ1n) is 6.53. The normalized spacial score (nSPS) is 18.3. The lowest BCUT2D eigenvalue weighted by atomic mass is 9.86. The van der Waals surface area contributed by atoms with Gasteiger partial charge in [0, 0.05) is 5.56 Å². The zero-order valence-corrected chi connectivity index (χ0v) is 11.1. The van der Waals surface area contributed by atoms with Crippen molar-refractivity contribution in [3.63, 3.8) is 0 Å². The average molecular weight is 256 g/mol. The van der Waals surface area contributed by atoms with Crippen LogP contribution in [0.5, 0.6) is 5.75 Å². The Morgan fingerprint density at radius 3 is 2.79 bits per heavy atom. The summed E-state index contributed by atoms with van der Waals surface area (Å²) < 4.78 is 10.8. The van der Waals surface area contributed by atoms with E-state index >= 15 is 0 Å². The molecule has 3 heteroatoms. The second-order valence-corrected chi connectivity index (χ2v) is 5.28. The van der Waals surface area contributed by atoms with Gasteiger partial charge in [-0.2, -0.15) is 0 Å². The van der Waals surface area contributed by atoms with Gasteiger partial charge in [0.1, 0.15) is 11.5 Å². The molecule has 1 aromatic heterocycles. The highest BCUT2D eigenvalue weighted by molar-refractivity contribution is 5.79. The molecule has 0 bridgehead atoms. The minimum atomic E-state index is -0.117. The highest BCUT2D eigenvalue weighted by Gasteiger charge is 2.30. The predicted molar refractivity (Wildman–Crippen MR) is 71.8 cm³/mol. The van der Waals surface area contributed by atoms with E-state index in [1.54, 1.807) is 6.26 Å². The van der Waals surface area contributed by atoms with E-state index in [1.165, 1.54) is 0 Å². The molecule has 0 saturated heterocycles. The van der Waals surface area contributed by atoms with Gasteiger partial charge in [0.15, 0.2) is 0 Å². The van der Waals surface area contributed by atoms with Crippen molar-refractivity contribution in [1.29, 1.82) is 0 Å². The summed E-state index contributed by atoms with van der Waals surface area (Å²) in [5.41, 5.74) is 2.09. The minimum Gasteiger partial charge on any atom is -0.464 e. The van der Waals surface area contributed by atoms with Crippen LogP contribution in [0.25, 0.3) is 11.3 Å². The van der Waals surface area contributed by atoms with Gasteiger partial charge in [-0.15, -0.1) is 0 Å². The van der Waals surface area contributed by atoms with Crippen LogP contribution in [0, 0.1) is 11.8 Å². The number of ether oxygens (including phenoxy) is 1. The summed E-state index contributed by atoms with van der Waals surface area (Å²) in [5, 5.41) is 0. The molecule has 3 nitrogen and oxygen atoms in total. The number of carbonyl (C=O) groups excluding carboxylic acids is 1. The van der Waals surface area contributed by atoms with E-state index in [2.05, 4.69) is 6.07 Å². The predicted octanol–water partition coefficient (Wildman–Crippen LogP) is 3.68. The average Bonchev–Trinajstić information content (AvgIpc) is 2.91. The second kappa shape index (κ2) is 4.57. The third kappa shape index (κ3) is 2.16. The summed E-state index contributed by atoms with van der Waals surface area (Å²) in [5.74, 6) is 1.62. The van der Waals surface area contributed by atoms with E-state index in [1.807, 2.05) is 38.1 Å². The quantitative estimate of drug-likeness (QED) is 0.607. The Morgan fingerprint density at radius 1 is 1.26 bits per heavy atom. The lowest BCUT2D eigenvalue weighted by Gasteiger charge is -2.26. The molecule has 2 heterocycles. The van der Waals surface area contributed by atoms with Crippen molar-refractivity contribution < 1.29 is 13.9 Å². The molecule has 0 unspecified atom stereocenters. The molecule has 98 valence electrons. The van der Waals surface area contributed by atoms with Gasteiger partial charge in [-0.3, -0.25) is 4.79 Å². The number of fused-ring (bicyclic) bond motifs is 1. The third-order valence-corrected chi connectivity index (χ3v) is 3.62. The lowest BCUT2D eigenvalue weighted by Crippen LogP contribution is -2.31. The van der Waals surface area contributed by atoms with Gasteiger partial charge in [0.25, 0.3) is 0 Å². The Balaban J connectivity index is 1.97. The Morgan fingerprint density at radius 2 is 2.11 bits per heavy atom. The fourth-order valence-electron chi connectivity index (χ4n) is 2.45. The van der Waals surface area contributed by atoms with Crippen LogP contribution in [0.2, 0.25) is 0 Å². The molecule has 19 heavy (non-hydrogen) atoms. The zero-order chi connectivity index (χ0) is 13.4. The number of furan rings is 1. The van der Waals surface area contributed by atoms with Crippen molar-refractivity contribution in [2.24, 2.45) is 11.8 Å². The maximum absolute atomic E-state index is 11.9. The Labute approximate surface area is 112 Å². The topological polar surface area (TPSA) is 39.4 Å².